The highest BCUT2D eigenvalue weighted by Crippen LogP contribution is 2.31. The number of anilines is 1. The third-order valence-electron chi connectivity index (χ3n) is 6.28. The Balaban J connectivity index is 1.56. The number of aromatic amines is 1. The molecule has 0 bridgehead atoms. The number of aromatic nitrogens is 1. The van der Waals surface area contributed by atoms with E-state index in [0.717, 1.165) is 33.3 Å². The Bertz CT molecular complexity index is 1280. The number of rotatable bonds is 9. The fourth-order valence-electron chi connectivity index (χ4n) is 4.45. The van der Waals surface area contributed by atoms with Crippen LogP contribution in [0.1, 0.15) is 42.0 Å². The Kier molecular flexibility index (Phi) is 7.51. The van der Waals surface area contributed by atoms with Crippen molar-refractivity contribution in [1.82, 2.24) is 15.6 Å². The zero-order valence-corrected chi connectivity index (χ0v) is 20.4. The first-order valence-corrected chi connectivity index (χ1v) is 11.8. The van der Waals surface area contributed by atoms with Gasteiger partial charge in [-0.15, -0.1) is 0 Å². The molecule has 1 aromatic heterocycles. The van der Waals surface area contributed by atoms with Crippen molar-refractivity contribution in [3.8, 4) is 0 Å². The van der Waals surface area contributed by atoms with Gasteiger partial charge < -0.3 is 20.5 Å². The highest BCUT2D eigenvalue weighted by Gasteiger charge is 2.21. The number of benzene rings is 3. The number of carbonyl (C=O) groups is 2. The van der Waals surface area contributed by atoms with Gasteiger partial charge in [-0.1, -0.05) is 60.7 Å². The van der Waals surface area contributed by atoms with E-state index in [4.69, 9.17) is 0 Å². The molecule has 2 atom stereocenters. The molecule has 0 aliphatic heterocycles. The summed E-state index contributed by atoms with van der Waals surface area (Å²) in [7, 11) is 4.04. The normalized spacial score (nSPS) is 12.7. The number of para-hydroxylation sites is 1. The number of carbonyl (C=O) groups excluding carboxylic acids is 2. The average molecular weight is 469 g/mol. The van der Waals surface area contributed by atoms with Crippen LogP contribution in [-0.4, -0.2) is 37.4 Å². The van der Waals surface area contributed by atoms with Crippen LogP contribution in [0.2, 0.25) is 0 Å². The minimum Gasteiger partial charge on any atom is -0.378 e. The van der Waals surface area contributed by atoms with Gasteiger partial charge in [0.15, 0.2) is 0 Å². The van der Waals surface area contributed by atoms with Crippen LogP contribution < -0.4 is 15.5 Å². The molecule has 6 nitrogen and oxygen atoms in total. The molecule has 4 aromatic rings. The molecule has 3 aromatic carbocycles. The molecule has 0 aliphatic rings. The zero-order valence-electron chi connectivity index (χ0n) is 20.4. The molecule has 1 heterocycles. The molecule has 0 saturated heterocycles. The number of nitrogens with zero attached hydrogens (tertiary/aromatic N) is 1. The Morgan fingerprint density at radius 1 is 0.886 bits per heavy atom. The van der Waals surface area contributed by atoms with Gasteiger partial charge in [0.2, 0.25) is 11.8 Å². The number of hydrogen-bond donors (Lipinski definition) is 3. The van der Waals surface area contributed by atoms with Gasteiger partial charge in [-0.05, 0) is 34.9 Å². The first-order chi connectivity index (χ1) is 16.9. The third kappa shape index (κ3) is 5.90. The van der Waals surface area contributed by atoms with Crippen molar-refractivity contribution in [3.63, 3.8) is 0 Å². The van der Waals surface area contributed by atoms with Crippen LogP contribution in [0.25, 0.3) is 10.9 Å². The van der Waals surface area contributed by atoms with Crippen molar-refractivity contribution < 1.29 is 9.59 Å². The fourth-order valence-corrected chi connectivity index (χ4v) is 4.45. The average Bonchev–Trinajstić information content (AvgIpc) is 3.28. The van der Waals surface area contributed by atoms with Crippen LogP contribution in [0, 0.1) is 0 Å². The second kappa shape index (κ2) is 10.9. The largest absolute Gasteiger partial charge is 0.378 e. The first-order valence-electron chi connectivity index (χ1n) is 11.8. The van der Waals surface area contributed by atoms with Crippen LogP contribution in [0.3, 0.4) is 0 Å². The summed E-state index contributed by atoms with van der Waals surface area (Å²) < 4.78 is 0. The fraction of sp³-hybridized carbons (Fsp3) is 0.241. The maximum atomic E-state index is 13.0. The van der Waals surface area contributed by atoms with Gasteiger partial charge in [-0.25, -0.2) is 0 Å². The number of fused-ring (bicyclic) bond motifs is 1. The van der Waals surface area contributed by atoms with Crippen molar-refractivity contribution in [1.29, 1.82) is 0 Å². The van der Waals surface area contributed by atoms with Crippen LogP contribution >= 0.6 is 0 Å². The standard InChI is InChI=1S/C29H32N4O2/c1-20(34)32-28(22-9-5-4-6-10-22)17-29(35)31-18-25(21-13-15-23(16-14-21)33(2)3)26-19-30-27-12-8-7-11-24(26)27/h4-16,19,25,28,30H,17-18H2,1-3H3,(H,31,35)(H,32,34). The Labute approximate surface area is 206 Å². The van der Waals surface area contributed by atoms with E-state index < -0.39 is 0 Å². The highest BCUT2D eigenvalue weighted by atomic mass is 16.2. The molecule has 3 N–H and O–H groups in total. The van der Waals surface area contributed by atoms with Crippen molar-refractivity contribution in [3.05, 3.63) is 102 Å². The summed E-state index contributed by atoms with van der Waals surface area (Å²) in [5.41, 5.74) is 5.36. The molecule has 0 aliphatic carbocycles. The van der Waals surface area contributed by atoms with Gasteiger partial charge in [-0.3, -0.25) is 9.59 Å². The van der Waals surface area contributed by atoms with E-state index in [-0.39, 0.29) is 30.2 Å². The lowest BCUT2D eigenvalue weighted by molar-refractivity contribution is -0.122. The Morgan fingerprint density at radius 2 is 1.57 bits per heavy atom. The molecule has 6 heteroatoms. The van der Waals surface area contributed by atoms with E-state index in [1.165, 1.54) is 6.92 Å². The molecule has 4 rings (SSSR count). The molecule has 0 saturated carbocycles. The van der Waals surface area contributed by atoms with E-state index in [1.54, 1.807) is 0 Å². The lowest BCUT2D eigenvalue weighted by Gasteiger charge is -2.22. The van der Waals surface area contributed by atoms with E-state index in [2.05, 4.69) is 56.9 Å². The van der Waals surface area contributed by atoms with Gasteiger partial charge in [-0.2, -0.15) is 0 Å². The summed E-state index contributed by atoms with van der Waals surface area (Å²) in [6.45, 7) is 1.92. The molecule has 180 valence electrons. The highest BCUT2D eigenvalue weighted by molar-refractivity contribution is 5.84. The minimum absolute atomic E-state index is 0.0257. The van der Waals surface area contributed by atoms with Gasteiger partial charge in [0.05, 0.1) is 12.5 Å². The maximum absolute atomic E-state index is 13.0. The van der Waals surface area contributed by atoms with Gasteiger partial charge in [0.1, 0.15) is 0 Å². The molecular formula is C29H32N4O2. The van der Waals surface area contributed by atoms with Crippen molar-refractivity contribution in [2.24, 2.45) is 0 Å². The molecule has 0 fully saturated rings. The summed E-state index contributed by atoms with van der Waals surface area (Å²) in [4.78, 5) is 30.2. The van der Waals surface area contributed by atoms with Crippen molar-refractivity contribution in [2.75, 3.05) is 25.5 Å². The van der Waals surface area contributed by atoms with Crippen LogP contribution in [0.4, 0.5) is 5.69 Å². The lowest BCUT2D eigenvalue weighted by atomic mass is 9.90. The van der Waals surface area contributed by atoms with Gasteiger partial charge >= 0.3 is 0 Å². The topological polar surface area (TPSA) is 77.2 Å². The molecule has 35 heavy (non-hydrogen) atoms. The smallest absolute Gasteiger partial charge is 0.222 e. The minimum atomic E-state index is -0.375. The number of H-pyrrole nitrogens is 1. The SMILES string of the molecule is CC(=O)NC(CC(=O)NCC(c1ccc(N(C)C)cc1)c1c[nH]c2ccccc12)c1ccccc1. The van der Waals surface area contributed by atoms with E-state index in [1.807, 2.05) is 62.8 Å². The maximum Gasteiger partial charge on any atom is 0.222 e. The third-order valence-corrected chi connectivity index (χ3v) is 6.28. The molecular weight excluding hydrogens is 436 g/mol. The summed E-state index contributed by atoms with van der Waals surface area (Å²) in [6, 6.07) is 25.9. The predicted molar refractivity (Wildman–Crippen MR) is 142 cm³/mol. The molecule has 0 radical (unpaired) electrons. The second-order valence-electron chi connectivity index (χ2n) is 9.00. The quantitative estimate of drug-likeness (QED) is 0.332. The predicted octanol–water partition coefficient (Wildman–Crippen LogP) is 4.75. The van der Waals surface area contributed by atoms with Crippen LogP contribution in [0.5, 0.6) is 0 Å². The number of nitrogens with one attached hydrogen (secondary N) is 3. The summed E-state index contributed by atoms with van der Waals surface area (Å²) in [5, 5.41) is 7.18. The zero-order chi connectivity index (χ0) is 24.8. The van der Waals surface area contributed by atoms with Crippen LogP contribution in [-0.2, 0) is 9.59 Å². The summed E-state index contributed by atoms with van der Waals surface area (Å²) >= 11 is 0. The lowest BCUT2D eigenvalue weighted by Crippen LogP contribution is -2.34. The Hall–Kier alpha value is -4.06. The number of hydrogen-bond acceptors (Lipinski definition) is 3. The van der Waals surface area contributed by atoms with Crippen molar-refractivity contribution >= 4 is 28.4 Å². The van der Waals surface area contributed by atoms with Gasteiger partial charge in [0, 0.05) is 56.3 Å². The van der Waals surface area contributed by atoms with Crippen molar-refractivity contribution in [2.45, 2.75) is 25.3 Å². The van der Waals surface area contributed by atoms with Gasteiger partial charge in [0.25, 0.3) is 0 Å². The van der Waals surface area contributed by atoms with Crippen LogP contribution in [0.15, 0.2) is 85.1 Å². The summed E-state index contributed by atoms with van der Waals surface area (Å²) in [6.07, 6.45) is 2.20. The molecule has 0 spiro atoms. The second-order valence-corrected chi connectivity index (χ2v) is 9.00. The first kappa shape index (κ1) is 24.1. The molecule has 2 unspecified atom stereocenters. The Morgan fingerprint density at radius 3 is 2.26 bits per heavy atom. The van der Waals surface area contributed by atoms with E-state index in [9.17, 15) is 9.59 Å². The van der Waals surface area contributed by atoms with E-state index >= 15 is 0 Å². The summed E-state index contributed by atoms with van der Waals surface area (Å²) in [5.74, 6) is -0.297. The molecule has 2 amide bonds. The monoisotopic (exact) mass is 468 g/mol. The van der Waals surface area contributed by atoms with E-state index in [0.29, 0.717) is 6.54 Å². The number of amides is 2.